The Hall–Kier alpha value is -3.10. The van der Waals surface area contributed by atoms with E-state index in [1.165, 1.54) is 22.7 Å². The lowest BCUT2D eigenvalue weighted by Crippen LogP contribution is -2.32. The summed E-state index contributed by atoms with van der Waals surface area (Å²) in [5.41, 5.74) is 2.78. The van der Waals surface area contributed by atoms with E-state index in [1.807, 2.05) is 48.7 Å². The summed E-state index contributed by atoms with van der Waals surface area (Å²) in [6, 6.07) is 15.0. The average Bonchev–Trinajstić information content (AvgIpc) is 3.37. The summed E-state index contributed by atoms with van der Waals surface area (Å²) in [6.45, 7) is 3.65. The summed E-state index contributed by atoms with van der Waals surface area (Å²) in [4.78, 5) is 34.4. The quantitative estimate of drug-likeness (QED) is 0.414. The molecule has 152 valence electrons. The van der Waals surface area contributed by atoms with Crippen LogP contribution in [0.4, 0.5) is 5.13 Å². The normalized spacial score (nSPS) is 11.9. The molecule has 30 heavy (non-hydrogen) atoms. The number of amides is 1. The Bertz CT molecular complexity index is 1180. The van der Waals surface area contributed by atoms with Crippen molar-refractivity contribution in [1.82, 2.24) is 9.97 Å². The van der Waals surface area contributed by atoms with E-state index in [0.717, 1.165) is 20.9 Å². The third-order valence-electron chi connectivity index (χ3n) is 4.43. The van der Waals surface area contributed by atoms with E-state index in [0.29, 0.717) is 22.7 Å². The molecular formula is C22H19N3O3S2. The van der Waals surface area contributed by atoms with Crippen LogP contribution < -0.4 is 5.32 Å². The maximum atomic E-state index is 12.9. The molecule has 0 bridgehead atoms. The molecule has 0 saturated carbocycles. The van der Waals surface area contributed by atoms with Crippen molar-refractivity contribution in [3.8, 4) is 10.6 Å². The zero-order valence-corrected chi connectivity index (χ0v) is 18.0. The van der Waals surface area contributed by atoms with E-state index in [-0.39, 0.29) is 0 Å². The number of nitrogens with one attached hydrogen (secondary N) is 1. The lowest BCUT2D eigenvalue weighted by Gasteiger charge is -2.16. The molecule has 0 aliphatic carbocycles. The highest BCUT2D eigenvalue weighted by Gasteiger charge is 2.25. The number of aryl methyl sites for hydroxylation is 1. The summed E-state index contributed by atoms with van der Waals surface area (Å²) in [5, 5.41) is 5.78. The molecule has 2 aromatic carbocycles. The molecule has 0 spiro atoms. The topological polar surface area (TPSA) is 81.2 Å². The number of hydrogen-bond acceptors (Lipinski definition) is 7. The van der Waals surface area contributed by atoms with Crippen LogP contribution in [-0.2, 0) is 9.53 Å². The second-order valence-corrected chi connectivity index (χ2v) is 8.51. The fraction of sp³-hybridized carbons (Fsp3) is 0.182. The molecular weight excluding hydrogens is 418 g/mol. The van der Waals surface area contributed by atoms with Crippen molar-refractivity contribution in [2.45, 2.75) is 26.4 Å². The predicted octanol–water partition coefficient (Wildman–Crippen LogP) is 5.30. The van der Waals surface area contributed by atoms with E-state index >= 15 is 0 Å². The van der Waals surface area contributed by atoms with Gasteiger partial charge in [0, 0.05) is 10.9 Å². The largest absolute Gasteiger partial charge is 0.449 e. The van der Waals surface area contributed by atoms with Gasteiger partial charge >= 0.3 is 5.97 Å². The van der Waals surface area contributed by atoms with Crippen molar-refractivity contribution in [2.75, 3.05) is 5.32 Å². The molecule has 4 rings (SSSR count). The fourth-order valence-corrected chi connectivity index (χ4v) is 4.64. The summed E-state index contributed by atoms with van der Waals surface area (Å²) in [5.74, 6) is -0.945. The number of para-hydroxylation sites is 1. The minimum atomic E-state index is -0.912. The molecule has 0 saturated heterocycles. The standard InChI is InChI=1S/C22H19N3O3S2/c1-3-17(19(26)25-22-23-13(2)12-29-22)28-21(27)15-9-5-4-8-14(15)20-24-16-10-6-7-11-18(16)30-20/h4-12,17H,3H2,1-2H3,(H,23,25,26). The summed E-state index contributed by atoms with van der Waals surface area (Å²) >= 11 is 2.84. The number of thiazole rings is 2. The van der Waals surface area contributed by atoms with Crippen LogP contribution in [0.1, 0.15) is 29.4 Å². The lowest BCUT2D eigenvalue weighted by atomic mass is 10.1. The number of hydrogen-bond donors (Lipinski definition) is 1. The van der Waals surface area contributed by atoms with Crippen LogP contribution in [0.3, 0.4) is 0 Å². The zero-order valence-electron chi connectivity index (χ0n) is 16.4. The first-order chi connectivity index (χ1) is 14.5. The number of carbonyl (C=O) groups excluding carboxylic acids is 2. The van der Waals surface area contributed by atoms with Gasteiger partial charge < -0.3 is 4.74 Å². The molecule has 8 heteroatoms. The van der Waals surface area contributed by atoms with E-state index < -0.39 is 18.0 Å². The van der Waals surface area contributed by atoms with Crippen LogP contribution in [-0.4, -0.2) is 27.9 Å². The maximum absolute atomic E-state index is 12.9. The molecule has 1 atom stereocenters. The number of ether oxygens (including phenoxy) is 1. The highest BCUT2D eigenvalue weighted by Crippen LogP contribution is 2.32. The second kappa shape index (κ2) is 8.73. The van der Waals surface area contributed by atoms with Gasteiger partial charge in [-0.3, -0.25) is 10.1 Å². The Morgan fingerprint density at radius 2 is 1.87 bits per heavy atom. The number of benzene rings is 2. The number of fused-ring (bicyclic) bond motifs is 1. The Labute approximate surface area is 181 Å². The van der Waals surface area contributed by atoms with E-state index in [9.17, 15) is 9.59 Å². The Morgan fingerprint density at radius 3 is 2.60 bits per heavy atom. The molecule has 0 radical (unpaired) electrons. The van der Waals surface area contributed by atoms with Crippen molar-refractivity contribution in [1.29, 1.82) is 0 Å². The third kappa shape index (κ3) is 4.24. The minimum Gasteiger partial charge on any atom is -0.449 e. The molecule has 1 N–H and O–H groups in total. The molecule has 4 aromatic rings. The van der Waals surface area contributed by atoms with Crippen LogP contribution in [0.25, 0.3) is 20.8 Å². The molecule has 1 unspecified atom stereocenters. The number of nitrogens with zero attached hydrogens (tertiary/aromatic N) is 2. The van der Waals surface area contributed by atoms with Crippen LogP contribution in [0, 0.1) is 6.92 Å². The first-order valence-corrected chi connectivity index (χ1v) is 11.1. The fourth-order valence-electron chi connectivity index (χ4n) is 2.95. The first-order valence-electron chi connectivity index (χ1n) is 9.44. The summed E-state index contributed by atoms with van der Waals surface area (Å²) < 4.78 is 6.61. The Morgan fingerprint density at radius 1 is 1.10 bits per heavy atom. The maximum Gasteiger partial charge on any atom is 0.339 e. The summed E-state index contributed by atoms with van der Waals surface area (Å²) in [7, 11) is 0. The van der Waals surface area contributed by atoms with Gasteiger partial charge in [-0.05, 0) is 31.5 Å². The number of carbonyl (C=O) groups is 2. The van der Waals surface area contributed by atoms with E-state index in [4.69, 9.17) is 4.74 Å². The first kappa shape index (κ1) is 20.2. The number of rotatable bonds is 6. The Kier molecular flexibility index (Phi) is 5.87. The second-order valence-electron chi connectivity index (χ2n) is 6.62. The summed E-state index contributed by atoms with van der Waals surface area (Å²) in [6.07, 6.45) is -0.560. The van der Waals surface area contributed by atoms with Gasteiger partial charge in [0.15, 0.2) is 11.2 Å². The third-order valence-corrected chi connectivity index (χ3v) is 6.38. The van der Waals surface area contributed by atoms with E-state index in [1.54, 1.807) is 19.1 Å². The van der Waals surface area contributed by atoms with Gasteiger partial charge in [0.2, 0.25) is 0 Å². The molecule has 6 nitrogen and oxygen atoms in total. The van der Waals surface area contributed by atoms with Crippen molar-refractivity contribution < 1.29 is 14.3 Å². The van der Waals surface area contributed by atoms with Crippen molar-refractivity contribution in [3.05, 3.63) is 65.2 Å². The number of aromatic nitrogens is 2. The molecule has 0 fully saturated rings. The van der Waals surface area contributed by atoms with Crippen LogP contribution >= 0.6 is 22.7 Å². The van der Waals surface area contributed by atoms with Gasteiger partial charge in [-0.25, -0.2) is 14.8 Å². The van der Waals surface area contributed by atoms with Gasteiger partial charge in [0.25, 0.3) is 5.91 Å². The molecule has 1 amide bonds. The highest BCUT2D eigenvalue weighted by molar-refractivity contribution is 7.21. The van der Waals surface area contributed by atoms with Gasteiger partial charge in [0.1, 0.15) is 5.01 Å². The minimum absolute atomic E-state index is 0.352. The molecule has 0 aliphatic heterocycles. The van der Waals surface area contributed by atoms with Gasteiger partial charge in [-0.15, -0.1) is 22.7 Å². The molecule has 2 aromatic heterocycles. The van der Waals surface area contributed by atoms with Gasteiger partial charge in [-0.1, -0.05) is 37.3 Å². The SMILES string of the molecule is CCC(OC(=O)c1ccccc1-c1nc2ccccc2s1)C(=O)Nc1nc(C)cs1. The van der Waals surface area contributed by atoms with Crippen LogP contribution in [0.5, 0.6) is 0 Å². The van der Waals surface area contributed by atoms with Crippen molar-refractivity contribution >= 4 is 49.9 Å². The van der Waals surface area contributed by atoms with Crippen LogP contribution in [0.15, 0.2) is 53.9 Å². The average molecular weight is 438 g/mol. The zero-order chi connectivity index (χ0) is 21.1. The Balaban J connectivity index is 1.56. The lowest BCUT2D eigenvalue weighted by molar-refractivity contribution is -0.124. The highest BCUT2D eigenvalue weighted by atomic mass is 32.1. The number of anilines is 1. The van der Waals surface area contributed by atoms with E-state index in [2.05, 4.69) is 15.3 Å². The van der Waals surface area contributed by atoms with Gasteiger partial charge in [0.05, 0.1) is 21.5 Å². The molecule has 2 heterocycles. The number of esters is 1. The smallest absolute Gasteiger partial charge is 0.339 e. The van der Waals surface area contributed by atoms with Gasteiger partial charge in [-0.2, -0.15) is 0 Å². The van der Waals surface area contributed by atoms with Crippen molar-refractivity contribution in [3.63, 3.8) is 0 Å². The van der Waals surface area contributed by atoms with Crippen LogP contribution in [0.2, 0.25) is 0 Å². The monoisotopic (exact) mass is 437 g/mol. The van der Waals surface area contributed by atoms with Crippen molar-refractivity contribution in [2.24, 2.45) is 0 Å². The molecule has 0 aliphatic rings. The predicted molar refractivity (Wildman–Crippen MR) is 120 cm³/mol.